The van der Waals surface area contributed by atoms with Crippen molar-refractivity contribution in [3.05, 3.63) is 35.4 Å². The van der Waals surface area contributed by atoms with E-state index in [1.54, 1.807) is 0 Å². The van der Waals surface area contributed by atoms with Crippen LogP contribution in [0.2, 0.25) is 0 Å². The van der Waals surface area contributed by atoms with E-state index in [1.807, 2.05) is 0 Å². The number of carbonyl (C=O) groups is 1. The molecule has 2 heterocycles. The van der Waals surface area contributed by atoms with Gasteiger partial charge in [-0.3, -0.25) is 4.79 Å². The molecule has 1 aliphatic carbocycles. The van der Waals surface area contributed by atoms with Gasteiger partial charge in [-0.25, -0.2) is 0 Å². The Balaban J connectivity index is 1.55. The number of amides is 1. The third kappa shape index (κ3) is 1.96. The second-order valence-electron chi connectivity index (χ2n) is 6.57. The first-order valence-corrected chi connectivity index (χ1v) is 7.90. The van der Waals surface area contributed by atoms with E-state index in [-0.39, 0.29) is 5.92 Å². The second kappa shape index (κ2) is 4.88. The first-order valence-electron chi connectivity index (χ1n) is 7.90. The van der Waals surface area contributed by atoms with Gasteiger partial charge in [-0.1, -0.05) is 24.3 Å². The molecular formula is C17H22N2O. The molecule has 3 aliphatic rings. The molecule has 2 fully saturated rings. The maximum absolute atomic E-state index is 12.9. The number of rotatable bonds is 1. The third-order valence-corrected chi connectivity index (χ3v) is 5.37. The molecule has 1 aromatic rings. The molecule has 0 saturated carbocycles. The third-order valence-electron chi connectivity index (χ3n) is 5.37. The van der Waals surface area contributed by atoms with E-state index in [2.05, 4.69) is 34.5 Å². The summed E-state index contributed by atoms with van der Waals surface area (Å²) in [6, 6.07) is 8.53. The molecule has 3 nitrogen and oxygen atoms in total. The number of hydrogen-bond acceptors (Lipinski definition) is 2. The maximum Gasteiger partial charge on any atom is 0.230 e. The Hall–Kier alpha value is -1.35. The maximum atomic E-state index is 12.9. The normalized spacial score (nSPS) is 32.0. The number of nitrogens with one attached hydrogen (secondary N) is 1. The van der Waals surface area contributed by atoms with Gasteiger partial charge in [0.25, 0.3) is 0 Å². The van der Waals surface area contributed by atoms with Gasteiger partial charge in [0.1, 0.15) is 0 Å². The Kier molecular flexibility index (Phi) is 3.03. The summed E-state index contributed by atoms with van der Waals surface area (Å²) >= 11 is 0. The highest BCUT2D eigenvalue weighted by molar-refractivity contribution is 5.84. The molecule has 1 amide bonds. The molecule has 3 atom stereocenters. The van der Waals surface area contributed by atoms with Gasteiger partial charge in [0.05, 0.1) is 5.92 Å². The standard InChI is InChI=1S/C17H22N2O/c20-17(19-10-13-8-18-9-14(13)11-19)16-7-3-5-12-4-1-2-6-15(12)16/h1-2,4,6,13-14,16,18H,3,5,7-11H2/t13-,14+,16?. The van der Waals surface area contributed by atoms with E-state index < -0.39 is 0 Å². The number of benzene rings is 1. The van der Waals surface area contributed by atoms with Crippen LogP contribution in [0.1, 0.15) is 29.9 Å². The van der Waals surface area contributed by atoms with Crippen LogP contribution in [0.25, 0.3) is 0 Å². The molecule has 1 aromatic carbocycles. The molecule has 2 saturated heterocycles. The minimum atomic E-state index is 0.117. The number of likely N-dealkylation sites (tertiary alicyclic amines) is 1. The smallest absolute Gasteiger partial charge is 0.230 e. The summed E-state index contributed by atoms with van der Waals surface area (Å²) in [6.45, 7) is 4.12. The molecule has 3 heteroatoms. The number of carbonyl (C=O) groups excluding carboxylic acids is 1. The van der Waals surface area contributed by atoms with Gasteiger partial charge >= 0.3 is 0 Å². The summed E-state index contributed by atoms with van der Waals surface area (Å²) in [5.41, 5.74) is 2.68. The Bertz CT molecular complexity index is 515. The van der Waals surface area contributed by atoms with Crippen molar-refractivity contribution in [3.8, 4) is 0 Å². The monoisotopic (exact) mass is 270 g/mol. The zero-order valence-corrected chi connectivity index (χ0v) is 11.8. The lowest BCUT2D eigenvalue weighted by Gasteiger charge is -2.29. The van der Waals surface area contributed by atoms with Crippen molar-refractivity contribution >= 4 is 5.91 Å². The quantitative estimate of drug-likeness (QED) is 0.844. The molecule has 0 aromatic heterocycles. The fourth-order valence-electron chi connectivity index (χ4n) is 4.27. The van der Waals surface area contributed by atoms with Gasteiger partial charge in [0, 0.05) is 26.2 Å². The average Bonchev–Trinajstić information content (AvgIpc) is 3.07. The van der Waals surface area contributed by atoms with Crippen LogP contribution in [0.4, 0.5) is 0 Å². The van der Waals surface area contributed by atoms with Gasteiger partial charge < -0.3 is 10.2 Å². The Morgan fingerprint density at radius 1 is 1.15 bits per heavy atom. The van der Waals surface area contributed by atoms with E-state index in [9.17, 15) is 4.79 Å². The summed E-state index contributed by atoms with van der Waals surface area (Å²) in [6.07, 6.45) is 3.31. The van der Waals surface area contributed by atoms with Crippen LogP contribution in [0.3, 0.4) is 0 Å². The lowest BCUT2D eigenvalue weighted by atomic mass is 9.82. The van der Waals surface area contributed by atoms with Crippen LogP contribution in [0, 0.1) is 11.8 Å². The summed E-state index contributed by atoms with van der Waals surface area (Å²) in [5.74, 6) is 1.88. The van der Waals surface area contributed by atoms with Crippen LogP contribution in [0.15, 0.2) is 24.3 Å². The molecular weight excluding hydrogens is 248 g/mol. The summed E-state index contributed by atoms with van der Waals surface area (Å²) < 4.78 is 0. The lowest BCUT2D eigenvalue weighted by Crippen LogP contribution is -2.36. The molecule has 0 spiro atoms. The number of fused-ring (bicyclic) bond motifs is 2. The number of nitrogens with zero attached hydrogens (tertiary/aromatic N) is 1. The van der Waals surface area contributed by atoms with E-state index in [1.165, 1.54) is 11.1 Å². The Morgan fingerprint density at radius 2 is 1.90 bits per heavy atom. The fraction of sp³-hybridized carbons (Fsp3) is 0.588. The Labute approximate surface area is 120 Å². The van der Waals surface area contributed by atoms with Crippen molar-refractivity contribution in [1.29, 1.82) is 0 Å². The van der Waals surface area contributed by atoms with Crippen molar-refractivity contribution in [2.24, 2.45) is 11.8 Å². The second-order valence-corrected chi connectivity index (χ2v) is 6.57. The lowest BCUT2D eigenvalue weighted by molar-refractivity contribution is -0.132. The average molecular weight is 270 g/mol. The number of aryl methyl sites for hydroxylation is 1. The minimum absolute atomic E-state index is 0.117. The first kappa shape index (κ1) is 12.4. The van der Waals surface area contributed by atoms with Crippen LogP contribution in [-0.2, 0) is 11.2 Å². The zero-order chi connectivity index (χ0) is 13.5. The molecule has 2 aliphatic heterocycles. The van der Waals surface area contributed by atoms with Gasteiger partial charge in [-0.05, 0) is 42.2 Å². The highest BCUT2D eigenvalue weighted by atomic mass is 16.2. The molecule has 20 heavy (non-hydrogen) atoms. The molecule has 1 unspecified atom stereocenters. The highest BCUT2D eigenvalue weighted by Crippen LogP contribution is 2.35. The number of hydrogen-bond donors (Lipinski definition) is 1. The fourth-order valence-corrected chi connectivity index (χ4v) is 4.27. The van der Waals surface area contributed by atoms with Crippen LogP contribution in [-0.4, -0.2) is 37.0 Å². The molecule has 0 bridgehead atoms. The van der Waals surface area contributed by atoms with Crippen molar-refractivity contribution in [2.45, 2.75) is 25.2 Å². The SMILES string of the molecule is O=C(C1CCCc2ccccc21)N1C[C@H]2CNC[C@H]2C1. The van der Waals surface area contributed by atoms with E-state index in [0.717, 1.165) is 45.4 Å². The minimum Gasteiger partial charge on any atom is -0.341 e. The van der Waals surface area contributed by atoms with Gasteiger partial charge in [0.15, 0.2) is 0 Å². The van der Waals surface area contributed by atoms with Crippen LogP contribution >= 0.6 is 0 Å². The van der Waals surface area contributed by atoms with Gasteiger partial charge in [-0.15, -0.1) is 0 Å². The molecule has 0 radical (unpaired) electrons. The summed E-state index contributed by atoms with van der Waals surface area (Å²) in [4.78, 5) is 15.0. The first-order chi connectivity index (χ1) is 9.83. The summed E-state index contributed by atoms with van der Waals surface area (Å²) in [7, 11) is 0. The largest absolute Gasteiger partial charge is 0.341 e. The molecule has 1 N–H and O–H groups in total. The van der Waals surface area contributed by atoms with Crippen molar-refractivity contribution < 1.29 is 4.79 Å². The van der Waals surface area contributed by atoms with E-state index in [0.29, 0.717) is 17.7 Å². The van der Waals surface area contributed by atoms with Gasteiger partial charge in [0.2, 0.25) is 5.91 Å². The van der Waals surface area contributed by atoms with Crippen molar-refractivity contribution in [1.82, 2.24) is 10.2 Å². The zero-order valence-electron chi connectivity index (χ0n) is 11.8. The predicted molar refractivity (Wildman–Crippen MR) is 78.6 cm³/mol. The van der Waals surface area contributed by atoms with Gasteiger partial charge in [-0.2, -0.15) is 0 Å². The highest BCUT2D eigenvalue weighted by Gasteiger charge is 2.40. The molecule has 106 valence electrons. The van der Waals surface area contributed by atoms with Crippen LogP contribution in [0.5, 0.6) is 0 Å². The van der Waals surface area contributed by atoms with E-state index >= 15 is 0 Å². The topological polar surface area (TPSA) is 32.3 Å². The van der Waals surface area contributed by atoms with Crippen molar-refractivity contribution in [2.75, 3.05) is 26.2 Å². The summed E-state index contributed by atoms with van der Waals surface area (Å²) in [5, 5.41) is 3.44. The van der Waals surface area contributed by atoms with Crippen molar-refractivity contribution in [3.63, 3.8) is 0 Å². The molecule has 4 rings (SSSR count). The van der Waals surface area contributed by atoms with E-state index in [4.69, 9.17) is 0 Å². The predicted octanol–water partition coefficient (Wildman–Crippen LogP) is 1.78. The Morgan fingerprint density at radius 3 is 2.70 bits per heavy atom. The van der Waals surface area contributed by atoms with Crippen LogP contribution < -0.4 is 5.32 Å².